The van der Waals surface area contributed by atoms with E-state index in [0.29, 0.717) is 11.7 Å². The van der Waals surface area contributed by atoms with E-state index in [2.05, 4.69) is 15.3 Å². The van der Waals surface area contributed by atoms with Crippen LogP contribution in [0.4, 0.5) is 0 Å². The van der Waals surface area contributed by atoms with E-state index in [0.717, 1.165) is 30.8 Å². The summed E-state index contributed by atoms with van der Waals surface area (Å²) in [6.45, 7) is 1.06. The van der Waals surface area contributed by atoms with E-state index in [-0.39, 0.29) is 11.5 Å². The van der Waals surface area contributed by atoms with Crippen molar-refractivity contribution >= 4 is 9.84 Å². The van der Waals surface area contributed by atoms with Crippen molar-refractivity contribution in [3.63, 3.8) is 0 Å². The Hall–Kier alpha value is -1.01. The Labute approximate surface area is 101 Å². The highest BCUT2D eigenvalue weighted by molar-refractivity contribution is 7.90. The van der Waals surface area contributed by atoms with E-state index in [9.17, 15) is 8.42 Å². The molecule has 3 heterocycles. The van der Waals surface area contributed by atoms with Crippen LogP contribution in [0, 0.1) is 0 Å². The molecule has 0 aliphatic carbocycles. The van der Waals surface area contributed by atoms with Crippen LogP contribution in [0.15, 0.2) is 6.20 Å². The van der Waals surface area contributed by atoms with Gasteiger partial charge in [-0.25, -0.2) is 18.4 Å². The summed E-state index contributed by atoms with van der Waals surface area (Å²) in [7, 11) is -2.97. The van der Waals surface area contributed by atoms with E-state index in [4.69, 9.17) is 0 Å². The van der Waals surface area contributed by atoms with Crippen LogP contribution in [0.1, 0.15) is 29.9 Å². The first kappa shape index (κ1) is 11.1. The van der Waals surface area contributed by atoms with Crippen molar-refractivity contribution in [2.45, 2.75) is 36.8 Å². The van der Waals surface area contributed by atoms with Gasteiger partial charge in [-0.15, -0.1) is 0 Å². The van der Waals surface area contributed by atoms with E-state index in [1.807, 2.05) is 0 Å². The maximum Gasteiger partial charge on any atom is 0.160 e. The first-order valence-electron chi connectivity index (χ1n) is 5.90. The molecule has 1 aromatic rings. The Morgan fingerprint density at radius 1 is 1.41 bits per heavy atom. The smallest absolute Gasteiger partial charge is 0.160 e. The largest absolute Gasteiger partial charge is 0.314 e. The van der Waals surface area contributed by atoms with Gasteiger partial charge in [-0.05, 0) is 19.4 Å². The van der Waals surface area contributed by atoms with Gasteiger partial charge >= 0.3 is 0 Å². The lowest BCUT2D eigenvalue weighted by molar-refractivity contribution is 0.583. The molecule has 6 heteroatoms. The summed E-state index contributed by atoms with van der Waals surface area (Å²) in [5, 5.41) is 3.39. The van der Waals surface area contributed by atoms with Gasteiger partial charge in [0.2, 0.25) is 0 Å². The van der Waals surface area contributed by atoms with Crippen molar-refractivity contribution in [3.8, 4) is 0 Å². The van der Waals surface area contributed by atoms with Crippen molar-refractivity contribution in [3.05, 3.63) is 23.3 Å². The van der Waals surface area contributed by atoms with Crippen molar-refractivity contribution in [1.29, 1.82) is 0 Å². The summed E-state index contributed by atoms with van der Waals surface area (Å²) in [5.41, 5.74) is 1.47. The number of aromatic nitrogens is 2. The minimum absolute atomic E-state index is 0.0793. The predicted molar refractivity (Wildman–Crippen MR) is 63.1 cm³/mol. The predicted octanol–water partition coefficient (Wildman–Crippen LogP) is 0.200. The number of nitrogens with one attached hydrogen (secondary N) is 1. The molecule has 1 saturated heterocycles. The molecule has 17 heavy (non-hydrogen) atoms. The molecule has 3 rings (SSSR count). The topological polar surface area (TPSA) is 72.0 Å². The third-order valence-electron chi connectivity index (χ3n) is 3.33. The first-order chi connectivity index (χ1) is 8.12. The molecule has 1 atom stereocenters. The fourth-order valence-electron chi connectivity index (χ4n) is 2.47. The molecule has 2 aliphatic heterocycles. The fraction of sp³-hybridized carbons (Fsp3) is 0.636. The zero-order chi connectivity index (χ0) is 11.9. The lowest BCUT2D eigenvalue weighted by Gasteiger charge is -2.08. The molecule has 0 spiro atoms. The SMILES string of the molecule is O=S1(=O)Cc2cnc(CC3CCCN3)nc2C1. The molecule has 0 saturated carbocycles. The number of rotatable bonds is 2. The van der Waals surface area contributed by atoms with Gasteiger partial charge in [-0.3, -0.25) is 0 Å². The minimum atomic E-state index is -2.97. The number of fused-ring (bicyclic) bond motifs is 1. The number of hydrogen-bond acceptors (Lipinski definition) is 5. The number of nitrogens with zero attached hydrogens (tertiary/aromatic N) is 2. The van der Waals surface area contributed by atoms with E-state index in [1.54, 1.807) is 6.20 Å². The van der Waals surface area contributed by atoms with Crippen LogP contribution in [0.25, 0.3) is 0 Å². The molecule has 1 N–H and O–H groups in total. The maximum atomic E-state index is 11.5. The second-order valence-electron chi connectivity index (χ2n) is 4.79. The molecule has 1 unspecified atom stereocenters. The van der Waals surface area contributed by atoms with Crippen molar-refractivity contribution < 1.29 is 8.42 Å². The molecular formula is C11H15N3O2S. The number of hydrogen-bond donors (Lipinski definition) is 1. The van der Waals surface area contributed by atoms with Gasteiger partial charge in [0.15, 0.2) is 9.84 Å². The third-order valence-corrected chi connectivity index (χ3v) is 4.79. The fourth-order valence-corrected chi connectivity index (χ4v) is 3.96. The van der Waals surface area contributed by atoms with Gasteiger partial charge in [0.25, 0.3) is 0 Å². The molecule has 0 amide bonds. The van der Waals surface area contributed by atoms with Crippen LogP contribution in [-0.4, -0.2) is 31.0 Å². The Morgan fingerprint density at radius 2 is 2.29 bits per heavy atom. The van der Waals surface area contributed by atoms with E-state index < -0.39 is 9.84 Å². The van der Waals surface area contributed by atoms with Crippen LogP contribution >= 0.6 is 0 Å². The maximum absolute atomic E-state index is 11.5. The normalized spacial score (nSPS) is 26.0. The van der Waals surface area contributed by atoms with E-state index in [1.165, 1.54) is 6.42 Å². The molecule has 1 fully saturated rings. The summed E-state index contributed by atoms with van der Waals surface area (Å²) in [5.74, 6) is 0.945. The van der Waals surface area contributed by atoms with Gasteiger partial charge in [-0.1, -0.05) is 0 Å². The Morgan fingerprint density at radius 3 is 3.06 bits per heavy atom. The van der Waals surface area contributed by atoms with Gasteiger partial charge in [0, 0.05) is 24.2 Å². The van der Waals surface area contributed by atoms with Crippen LogP contribution in [0.2, 0.25) is 0 Å². The summed E-state index contributed by atoms with van der Waals surface area (Å²) in [4.78, 5) is 8.65. The van der Waals surface area contributed by atoms with Crippen LogP contribution < -0.4 is 5.32 Å². The van der Waals surface area contributed by atoms with Gasteiger partial charge in [0.1, 0.15) is 5.82 Å². The molecule has 92 valence electrons. The molecule has 5 nitrogen and oxygen atoms in total. The average molecular weight is 253 g/mol. The Bertz CT molecular complexity index is 536. The standard InChI is InChI=1S/C11H15N3O2S/c15-17(16)6-8-5-13-11(14-10(8)7-17)4-9-2-1-3-12-9/h5,9,12H,1-4,6-7H2. The van der Waals surface area contributed by atoms with Crippen LogP contribution in [0.5, 0.6) is 0 Å². The first-order valence-corrected chi connectivity index (χ1v) is 7.72. The molecule has 0 aromatic carbocycles. The summed E-state index contributed by atoms with van der Waals surface area (Å²) < 4.78 is 22.9. The summed E-state index contributed by atoms with van der Waals surface area (Å²) in [6.07, 6.45) is 4.83. The third kappa shape index (κ3) is 2.32. The summed E-state index contributed by atoms with van der Waals surface area (Å²) in [6, 6.07) is 0.450. The zero-order valence-electron chi connectivity index (χ0n) is 9.52. The molecule has 2 aliphatic rings. The van der Waals surface area contributed by atoms with Crippen molar-refractivity contribution in [2.24, 2.45) is 0 Å². The highest BCUT2D eigenvalue weighted by Gasteiger charge is 2.27. The highest BCUT2D eigenvalue weighted by atomic mass is 32.2. The highest BCUT2D eigenvalue weighted by Crippen LogP contribution is 2.22. The number of sulfone groups is 1. The second-order valence-corrected chi connectivity index (χ2v) is 6.85. The van der Waals surface area contributed by atoms with Gasteiger partial charge in [0.05, 0.1) is 17.2 Å². The lowest BCUT2D eigenvalue weighted by atomic mass is 10.1. The quantitative estimate of drug-likeness (QED) is 0.815. The zero-order valence-corrected chi connectivity index (χ0v) is 10.3. The Balaban J connectivity index is 1.80. The van der Waals surface area contributed by atoms with Gasteiger partial charge < -0.3 is 5.32 Å². The molecule has 1 aromatic heterocycles. The van der Waals surface area contributed by atoms with E-state index >= 15 is 0 Å². The summed E-state index contributed by atoms with van der Waals surface area (Å²) >= 11 is 0. The Kier molecular flexibility index (Phi) is 2.63. The average Bonchev–Trinajstić information content (AvgIpc) is 2.83. The molecule has 0 bridgehead atoms. The van der Waals surface area contributed by atoms with Crippen molar-refractivity contribution in [1.82, 2.24) is 15.3 Å². The second kappa shape index (κ2) is 4.03. The minimum Gasteiger partial charge on any atom is -0.314 e. The monoisotopic (exact) mass is 253 g/mol. The van der Waals surface area contributed by atoms with Crippen molar-refractivity contribution in [2.75, 3.05) is 6.54 Å². The van der Waals surface area contributed by atoms with Gasteiger partial charge in [-0.2, -0.15) is 0 Å². The lowest BCUT2D eigenvalue weighted by Crippen LogP contribution is -2.24. The van der Waals surface area contributed by atoms with Crippen LogP contribution in [0.3, 0.4) is 0 Å². The molecule has 0 radical (unpaired) electrons. The molecular weight excluding hydrogens is 238 g/mol. The van der Waals surface area contributed by atoms with Crippen LogP contribution in [-0.2, 0) is 27.8 Å².